The van der Waals surface area contributed by atoms with E-state index < -0.39 is 0 Å². The van der Waals surface area contributed by atoms with Gasteiger partial charge >= 0.3 is 0 Å². The molecule has 0 aliphatic carbocycles. The summed E-state index contributed by atoms with van der Waals surface area (Å²) in [6, 6.07) is 5.68. The van der Waals surface area contributed by atoms with Crippen molar-refractivity contribution in [2.45, 2.75) is 27.2 Å². The lowest BCUT2D eigenvalue weighted by Gasteiger charge is -2.14. The molecule has 1 aromatic carbocycles. The summed E-state index contributed by atoms with van der Waals surface area (Å²) >= 11 is 0. The number of carbonyl (C=O) groups excluding carboxylic acids is 1. The van der Waals surface area contributed by atoms with Gasteiger partial charge < -0.3 is 15.4 Å². The molecule has 1 amide bonds. The van der Waals surface area contributed by atoms with Gasteiger partial charge in [-0.3, -0.25) is 4.79 Å². The minimum absolute atomic E-state index is 0.103. The van der Waals surface area contributed by atoms with Crippen molar-refractivity contribution in [2.75, 3.05) is 24.3 Å². The second kappa shape index (κ2) is 6.89. The first-order valence-corrected chi connectivity index (χ1v) is 6.26. The van der Waals surface area contributed by atoms with E-state index in [1.54, 1.807) is 7.11 Å². The molecule has 0 radical (unpaired) electrons. The monoisotopic (exact) mass is 250 g/mol. The number of rotatable bonds is 6. The molecular weight excluding hydrogens is 228 g/mol. The van der Waals surface area contributed by atoms with Gasteiger partial charge in [0.05, 0.1) is 12.8 Å². The molecule has 18 heavy (non-hydrogen) atoms. The van der Waals surface area contributed by atoms with Gasteiger partial charge in [-0.2, -0.15) is 0 Å². The van der Waals surface area contributed by atoms with Crippen LogP contribution in [0.25, 0.3) is 0 Å². The van der Waals surface area contributed by atoms with Crippen LogP contribution in [-0.4, -0.2) is 19.6 Å². The molecule has 0 heterocycles. The Morgan fingerprint density at radius 3 is 2.72 bits per heavy atom. The predicted molar refractivity (Wildman–Crippen MR) is 75.2 cm³/mol. The normalized spacial score (nSPS) is 11.8. The molecule has 1 atom stereocenters. The zero-order valence-electron chi connectivity index (χ0n) is 11.5. The lowest BCUT2D eigenvalue weighted by Crippen LogP contribution is -2.11. The fourth-order valence-electron chi connectivity index (χ4n) is 1.53. The Labute approximate surface area is 109 Å². The van der Waals surface area contributed by atoms with Gasteiger partial charge in [-0.1, -0.05) is 20.3 Å². The van der Waals surface area contributed by atoms with Crippen LogP contribution in [0.3, 0.4) is 0 Å². The smallest absolute Gasteiger partial charge is 0.221 e. The molecule has 1 rings (SSSR count). The number of anilines is 2. The van der Waals surface area contributed by atoms with Crippen molar-refractivity contribution >= 4 is 17.3 Å². The van der Waals surface area contributed by atoms with E-state index in [0.717, 1.165) is 18.7 Å². The van der Waals surface area contributed by atoms with Crippen molar-refractivity contribution in [3.63, 3.8) is 0 Å². The van der Waals surface area contributed by atoms with Gasteiger partial charge in [0, 0.05) is 25.2 Å². The number of hydrogen-bond donors (Lipinski definition) is 2. The standard InChI is InChI=1S/C14H22N2O2/c1-5-10(2)9-15-12-6-7-13(16-11(3)17)14(8-12)18-4/h6-8,10,15H,5,9H2,1-4H3,(H,16,17). The molecule has 0 aromatic heterocycles. The Hall–Kier alpha value is -1.71. The second-order valence-electron chi connectivity index (χ2n) is 4.49. The topological polar surface area (TPSA) is 50.4 Å². The third kappa shape index (κ3) is 4.28. The maximum atomic E-state index is 11.0. The summed E-state index contributed by atoms with van der Waals surface area (Å²) in [5, 5.41) is 6.09. The minimum atomic E-state index is -0.103. The quantitative estimate of drug-likeness (QED) is 0.815. The molecule has 2 N–H and O–H groups in total. The van der Waals surface area contributed by atoms with E-state index in [0.29, 0.717) is 17.4 Å². The maximum absolute atomic E-state index is 11.0. The van der Waals surface area contributed by atoms with Gasteiger partial charge in [0.15, 0.2) is 0 Å². The molecule has 4 heteroatoms. The summed E-state index contributed by atoms with van der Waals surface area (Å²) in [6.45, 7) is 6.79. The lowest BCUT2D eigenvalue weighted by molar-refractivity contribution is -0.114. The zero-order chi connectivity index (χ0) is 13.5. The zero-order valence-corrected chi connectivity index (χ0v) is 11.5. The van der Waals surface area contributed by atoms with Crippen molar-refractivity contribution in [1.82, 2.24) is 0 Å². The summed E-state index contributed by atoms with van der Waals surface area (Å²) in [7, 11) is 1.60. The van der Waals surface area contributed by atoms with Crippen LogP contribution in [0.1, 0.15) is 27.2 Å². The maximum Gasteiger partial charge on any atom is 0.221 e. The van der Waals surface area contributed by atoms with Crippen LogP contribution < -0.4 is 15.4 Å². The van der Waals surface area contributed by atoms with Crippen LogP contribution in [0.5, 0.6) is 5.75 Å². The Balaban J connectivity index is 2.75. The molecule has 0 aliphatic heterocycles. The number of ether oxygens (including phenoxy) is 1. The molecule has 0 spiro atoms. The number of hydrogen-bond acceptors (Lipinski definition) is 3. The molecule has 0 saturated carbocycles. The van der Waals surface area contributed by atoms with Crippen LogP contribution in [-0.2, 0) is 4.79 Å². The SMILES string of the molecule is CCC(C)CNc1ccc(NC(C)=O)c(OC)c1. The number of benzene rings is 1. The first kappa shape index (κ1) is 14.4. The molecule has 100 valence electrons. The Kier molecular flexibility index (Phi) is 5.49. The predicted octanol–water partition coefficient (Wildman–Crippen LogP) is 3.11. The molecular formula is C14H22N2O2. The molecule has 0 fully saturated rings. The summed E-state index contributed by atoms with van der Waals surface area (Å²) in [6.07, 6.45) is 1.15. The van der Waals surface area contributed by atoms with E-state index in [9.17, 15) is 4.79 Å². The third-order valence-corrected chi connectivity index (χ3v) is 2.86. The number of amides is 1. The van der Waals surface area contributed by atoms with Gasteiger partial charge in [-0.15, -0.1) is 0 Å². The summed E-state index contributed by atoms with van der Waals surface area (Å²) in [5.74, 6) is 1.19. The van der Waals surface area contributed by atoms with Gasteiger partial charge in [0.2, 0.25) is 5.91 Å². The highest BCUT2D eigenvalue weighted by molar-refractivity contribution is 5.90. The average Bonchev–Trinajstić information content (AvgIpc) is 2.36. The second-order valence-corrected chi connectivity index (χ2v) is 4.49. The summed E-state index contributed by atoms with van der Waals surface area (Å²) in [5.41, 5.74) is 1.69. The highest BCUT2D eigenvalue weighted by atomic mass is 16.5. The highest BCUT2D eigenvalue weighted by Gasteiger charge is 2.06. The van der Waals surface area contributed by atoms with Crippen LogP contribution in [0.15, 0.2) is 18.2 Å². The van der Waals surface area contributed by atoms with Crippen molar-refractivity contribution in [1.29, 1.82) is 0 Å². The Morgan fingerprint density at radius 1 is 1.44 bits per heavy atom. The van der Waals surface area contributed by atoms with E-state index in [4.69, 9.17) is 4.74 Å². The fraction of sp³-hybridized carbons (Fsp3) is 0.500. The van der Waals surface area contributed by atoms with Gasteiger partial charge in [-0.05, 0) is 18.1 Å². The van der Waals surface area contributed by atoms with E-state index in [2.05, 4.69) is 24.5 Å². The first-order chi connectivity index (χ1) is 8.56. The van der Waals surface area contributed by atoms with E-state index in [1.165, 1.54) is 6.92 Å². The molecule has 0 aliphatic rings. The van der Waals surface area contributed by atoms with Crippen LogP contribution in [0.4, 0.5) is 11.4 Å². The number of nitrogens with one attached hydrogen (secondary N) is 2. The van der Waals surface area contributed by atoms with Crippen LogP contribution >= 0.6 is 0 Å². The largest absolute Gasteiger partial charge is 0.494 e. The Morgan fingerprint density at radius 2 is 2.17 bits per heavy atom. The summed E-state index contributed by atoms with van der Waals surface area (Å²) < 4.78 is 5.27. The van der Waals surface area contributed by atoms with Crippen molar-refractivity contribution in [3.05, 3.63) is 18.2 Å². The van der Waals surface area contributed by atoms with Crippen LogP contribution in [0, 0.1) is 5.92 Å². The van der Waals surface area contributed by atoms with Gasteiger partial charge in [-0.25, -0.2) is 0 Å². The molecule has 4 nitrogen and oxygen atoms in total. The van der Waals surface area contributed by atoms with E-state index in [-0.39, 0.29) is 5.91 Å². The van der Waals surface area contributed by atoms with E-state index >= 15 is 0 Å². The Bertz CT molecular complexity index is 405. The number of carbonyl (C=O) groups is 1. The molecule has 0 saturated heterocycles. The summed E-state index contributed by atoms with van der Waals surface area (Å²) in [4.78, 5) is 11.0. The molecule has 1 unspecified atom stereocenters. The van der Waals surface area contributed by atoms with Gasteiger partial charge in [0.1, 0.15) is 5.75 Å². The first-order valence-electron chi connectivity index (χ1n) is 6.26. The lowest BCUT2D eigenvalue weighted by atomic mass is 10.1. The fourth-order valence-corrected chi connectivity index (χ4v) is 1.53. The van der Waals surface area contributed by atoms with Crippen molar-refractivity contribution in [3.8, 4) is 5.75 Å². The molecule has 0 bridgehead atoms. The van der Waals surface area contributed by atoms with E-state index in [1.807, 2.05) is 18.2 Å². The third-order valence-electron chi connectivity index (χ3n) is 2.86. The van der Waals surface area contributed by atoms with Gasteiger partial charge in [0.25, 0.3) is 0 Å². The highest BCUT2D eigenvalue weighted by Crippen LogP contribution is 2.28. The average molecular weight is 250 g/mol. The molecule has 1 aromatic rings. The van der Waals surface area contributed by atoms with Crippen LogP contribution in [0.2, 0.25) is 0 Å². The minimum Gasteiger partial charge on any atom is -0.494 e. The number of methoxy groups -OCH3 is 1. The van der Waals surface area contributed by atoms with Crippen molar-refractivity contribution < 1.29 is 9.53 Å². The van der Waals surface area contributed by atoms with Crippen molar-refractivity contribution in [2.24, 2.45) is 5.92 Å².